The first-order valence-electron chi connectivity index (χ1n) is 8.83. The number of carboxylic acids is 1. The van der Waals surface area contributed by atoms with Crippen molar-refractivity contribution in [3.63, 3.8) is 0 Å². The van der Waals surface area contributed by atoms with Crippen LogP contribution in [-0.4, -0.2) is 28.2 Å². The minimum atomic E-state index is -1.15. The molecule has 0 unspecified atom stereocenters. The Morgan fingerprint density at radius 3 is 2.37 bits per heavy atom. The average Bonchev–Trinajstić information content (AvgIpc) is 2.76. The summed E-state index contributed by atoms with van der Waals surface area (Å²) in [6, 6.07) is 17.5. The van der Waals surface area contributed by atoms with Crippen LogP contribution in [-0.2, 0) is 16.0 Å². The van der Waals surface area contributed by atoms with Crippen molar-refractivity contribution in [3.8, 4) is 29.3 Å². The van der Waals surface area contributed by atoms with Gasteiger partial charge in [-0.25, -0.2) is 14.8 Å². The van der Waals surface area contributed by atoms with Crippen LogP contribution in [0, 0.1) is 11.3 Å². The van der Waals surface area contributed by atoms with E-state index in [1.807, 2.05) is 12.1 Å². The molecule has 0 aliphatic heterocycles. The zero-order valence-corrected chi connectivity index (χ0v) is 16.0. The monoisotopic (exact) mass is 403 g/mol. The summed E-state index contributed by atoms with van der Waals surface area (Å²) in [7, 11) is 1.30. The van der Waals surface area contributed by atoms with E-state index in [-0.39, 0.29) is 23.9 Å². The second kappa shape index (κ2) is 9.71. The van der Waals surface area contributed by atoms with Gasteiger partial charge < -0.3 is 19.3 Å². The molecule has 0 saturated heterocycles. The van der Waals surface area contributed by atoms with Crippen LogP contribution in [0.3, 0.4) is 0 Å². The summed E-state index contributed by atoms with van der Waals surface area (Å²) in [4.78, 5) is 19.2. The topological polar surface area (TPSA) is 115 Å². The van der Waals surface area contributed by atoms with Crippen LogP contribution in [0.25, 0.3) is 0 Å². The number of carboxylic acid groups (broad SMARTS) is 1. The molecule has 0 radical (unpaired) electrons. The highest BCUT2D eigenvalue weighted by molar-refractivity contribution is 5.84. The van der Waals surface area contributed by atoms with E-state index in [2.05, 4.69) is 16.0 Å². The fourth-order valence-electron chi connectivity index (χ4n) is 2.54. The first kappa shape index (κ1) is 20.4. The van der Waals surface area contributed by atoms with Gasteiger partial charge in [0.2, 0.25) is 11.8 Å². The van der Waals surface area contributed by atoms with Crippen LogP contribution in [0.2, 0.25) is 0 Å². The van der Waals surface area contributed by atoms with Crippen LogP contribution in [0.1, 0.15) is 11.1 Å². The van der Waals surface area contributed by atoms with Crippen LogP contribution in [0.5, 0.6) is 23.3 Å². The fourth-order valence-corrected chi connectivity index (χ4v) is 2.54. The van der Waals surface area contributed by atoms with Crippen molar-refractivity contribution in [2.75, 3.05) is 7.11 Å². The van der Waals surface area contributed by atoms with Gasteiger partial charge in [-0.3, -0.25) is 0 Å². The molecule has 8 heteroatoms. The lowest BCUT2D eigenvalue weighted by Crippen LogP contribution is -2.03. The molecule has 0 bridgehead atoms. The van der Waals surface area contributed by atoms with Gasteiger partial charge in [0.15, 0.2) is 5.76 Å². The maximum atomic E-state index is 11.1. The zero-order valence-electron chi connectivity index (χ0n) is 16.0. The van der Waals surface area contributed by atoms with E-state index in [0.717, 1.165) is 5.56 Å². The van der Waals surface area contributed by atoms with Crippen molar-refractivity contribution < 1.29 is 24.1 Å². The maximum absolute atomic E-state index is 11.1. The molecule has 3 rings (SSSR count). The van der Waals surface area contributed by atoms with Crippen molar-refractivity contribution >= 4 is 5.97 Å². The van der Waals surface area contributed by atoms with E-state index < -0.39 is 5.97 Å². The minimum absolute atomic E-state index is 0.154. The van der Waals surface area contributed by atoms with Gasteiger partial charge in [-0.05, 0) is 36.3 Å². The van der Waals surface area contributed by atoms with Gasteiger partial charge in [-0.1, -0.05) is 30.3 Å². The summed E-state index contributed by atoms with van der Waals surface area (Å²) in [5.74, 6) is 0.0149. The van der Waals surface area contributed by atoms with Crippen molar-refractivity contribution in [1.82, 2.24) is 9.97 Å². The fraction of sp³-hybridized carbons (Fsp3) is 0.0909. The summed E-state index contributed by atoms with van der Waals surface area (Å²) in [5.41, 5.74) is 1.12. The summed E-state index contributed by atoms with van der Waals surface area (Å²) < 4.78 is 16.4. The van der Waals surface area contributed by atoms with Gasteiger partial charge in [0.25, 0.3) is 0 Å². The molecule has 1 heterocycles. The lowest BCUT2D eigenvalue weighted by atomic mass is 10.1. The third kappa shape index (κ3) is 5.11. The molecule has 1 aromatic heterocycles. The lowest BCUT2D eigenvalue weighted by molar-refractivity contribution is -0.136. The molecule has 0 fully saturated rings. The Morgan fingerprint density at radius 2 is 1.70 bits per heavy atom. The first-order valence-corrected chi connectivity index (χ1v) is 8.83. The number of ether oxygens (including phenoxy) is 3. The number of benzene rings is 2. The van der Waals surface area contributed by atoms with Gasteiger partial charge in [0, 0.05) is 0 Å². The third-order valence-electron chi connectivity index (χ3n) is 3.96. The number of carbonyl (C=O) groups is 1. The highest BCUT2D eigenvalue weighted by Gasteiger charge is 2.11. The van der Waals surface area contributed by atoms with Crippen molar-refractivity contribution in [2.24, 2.45) is 0 Å². The molecule has 0 saturated carbocycles. The maximum Gasteiger partial charge on any atom is 0.370 e. The standard InChI is InChI=1S/C22H17N3O5/c1-28-19(22(26)27)11-10-15-6-2-4-8-17(15)29-20-12-21(25-14-24-20)30-18-9-5-3-7-16(18)13-23/h2-9,11-12,14H,10H2,1H3,(H,26,27). The zero-order chi connectivity index (χ0) is 21.3. The van der Waals surface area contributed by atoms with E-state index in [9.17, 15) is 10.1 Å². The molecule has 0 aliphatic carbocycles. The number of nitriles is 1. The molecular weight excluding hydrogens is 386 g/mol. The summed E-state index contributed by atoms with van der Waals surface area (Å²) in [6.45, 7) is 0. The molecule has 0 aliphatic rings. The number of para-hydroxylation sites is 2. The predicted molar refractivity (Wildman–Crippen MR) is 106 cm³/mol. The quantitative estimate of drug-likeness (QED) is 0.442. The number of hydrogen-bond donors (Lipinski definition) is 1. The van der Waals surface area contributed by atoms with E-state index >= 15 is 0 Å². The van der Waals surface area contributed by atoms with Gasteiger partial charge in [0.1, 0.15) is 23.9 Å². The Hall–Kier alpha value is -4.38. The Labute approximate surface area is 172 Å². The number of nitrogens with zero attached hydrogens (tertiary/aromatic N) is 3. The molecule has 0 atom stereocenters. The summed E-state index contributed by atoms with van der Waals surface area (Å²) >= 11 is 0. The van der Waals surface area contributed by atoms with Gasteiger partial charge in [-0.15, -0.1) is 0 Å². The summed E-state index contributed by atoms with van der Waals surface area (Å²) in [6.07, 6.45) is 3.03. The van der Waals surface area contributed by atoms with Crippen LogP contribution < -0.4 is 9.47 Å². The second-order valence-electron chi connectivity index (χ2n) is 5.90. The molecule has 0 spiro atoms. The smallest absolute Gasteiger partial charge is 0.370 e. The highest BCUT2D eigenvalue weighted by Crippen LogP contribution is 2.28. The molecule has 30 heavy (non-hydrogen) atoms. The number of hydrogen-bond acceptors (Lipinski definition) is 7. The normalized spacial score (nSPS) is 10.7. The molecular formula is C22H17N3O5. The van der Waals surface area contributed by atoms with Crippen LogP contribution in [0.4, 0.5) is 0 Å². The van der Waals surface area contributed by atoms with Crippen molar-refractivity contribution in [3.05, 3.63) is 83.9 Å². The van der Waals surface area contributed by atoms with E-state index in [4.69, 9.17) is 19.3 Å². The number of aliphatic carboxylic acids is 1. The average molecular weight is 403 g/mol. The number of methoxy groups -OCH3 is 1. The number of aromatic nitrogens is 2. The van der Waals surface area contributed by atoms with E-state index in [1.54, 1.807) is 36.4 Å². The highest BCUT2D eigenvalue weighted by atomic mass is 16.5. The number of rotatable bonds is 8. The largest absolute Gasteiger partial charge is 0.490 e. The Morgan fingerprint density at radius 1 is 1.07 bits per heavy atom. The van der Waals surface area contributed by atoms with Crippen LogP contribution >= 0.6 is 0 Å². The van der Waals surface area contributed by atoms with Crippen molar-refractivity contribution in [1.29, 1.82) is 5.26 Å². The second-order valence-corrected chi connectivity index (χ2v) is 5.90. The lowest BCUT2D eigenvalue weighted by Gasteiger charge is -2.11. The molecule has 3 aromatic rings. The van der Waals surface area contributed by atoms with Gasteiger partial charge in [-0.2, -0.15) is 5.26 Å². The Kier molecular flexibility index (Phi) is 6.59. The molecule has 8 nitrogen and oxygen atoms in total. The van der Waals surface area contributed by atoms with E-state index in [1.165, 1.54) is 25.6 Å². The predicted octanol–water partition coefficient (Wildman–Crippen LogP) is 4.09. The molecule has 1 N–H and O–H groups in total. The SMILES string of the molecule is COC(=CCc1ccccc1Oc1cc(Oc2ccccc2C#N)ncn1)C(=O)O. The number of allylic oxidation sites excluding steroid dienone is 1. The molecule has 2 aromatic carbocycles. The Bertz CT molecular complexity index is 1120. The first-order chi connectivity index (χ1) is 14.6. The molecule has 150 valence electrons. The van der Waals surface area contributed by atoms with E-state index in [0.29, 0.717) is 17.1 Å². The minimum Gasteiger partial charge on any atom is -0.490 e. The Balaban J connectivity index is 1.80. The van der Waals surface area contributed by atoms with Gasteiger partial charge >= 0.3 is 5.97 Å². The summed E-state index contributed by atoms with van der Waals surface area (Å²) in [5, 5.41) is 18.2. The third-order valence-corrected chi connectivity index (χ3v) is 3.96. The molecule has 0 amide bonds. The van der Waals surface area contributed by atoms with Crippen LogP contribution in [0.15, 0.2) is 72.8 Å². The van der Waals surface area contributed by atoms with Crippen molar-refractivity contribution in [2.45, 2.75) is 6.42 Å². The van der Waals surface area contributed by atoms with Gasteiger partial charge in [0.05, 0.1) is 18.7 Å².